The maximum atomic E-state index is 12.1. The number of ether oxygens (including phenoxy) is 3. The molecular formula is C15H16O4. The Morgan fingerprint density at radius 3 is 2.79 bits per heavy atom. The van der Waals surface area contributed by atoms with Gasteiger partial charge >= 0.3 is 0 Å². The third-order valence-electron chi connectivity index (χ3n) is 2.85. The molecule has 0 aromatic heterocycles. The Morgan fingerprint density at radius 1 is 1.42 bits per heavy atom. The first-order valence-electron chi connectivity index (χ1n) is 5.97. The fourth-order valence-electron chi connectivity index (χ4n) is 2.05. The number of carbonyl (C=O) groups excluding carboxylic acids is 1. The quantitative estimate of drug-likeness (QED) is 0.783. The molecule has 0 saturated carbocycles. The second-order valence-electron chi connectivity index (χ2n) is 4.95. The lowest BCUT2D eigenvalue weighted by Crippen LogP contribution is -2.35. The molecule has 0 fully saturated rings. The number of terminal acetylenes is 1. The summed E-state index contributed by atoms with van der Waals surface area (Å²) in [4.78, 5) is 12.1. The van der Waals surface area contributed by atoms with Crippen molar-refractivity contribution in [3.05, 3.63) is 17.7 Å². The standard InChI is InChI=1S/C15H16O4/c1-5-6-18-14-8-12-10(7-13(14)17-4)11(16)9-15(2,3)19-12/h1,7-8H,6,9H2,2-4H3. The molecule has 4 heteroatoms. The van der Waals surface area contributed by atoms with Crippen LogP contribution in [0, 0.1) is 12.3 Å². The highest BCUT2D eigenvalue weighted by atomic mass is 16.5. The van der Waals surface area contributed by atoms with Crippen molar-refractivity contribution in [2.45, 2.75) is 25.9 Å². The lowest BCUT2D eigenvalue weighted by Gasteiger charge is -2.32. The highest BCUT2D eigenvalue weighted by Crippen LogP contribution is 2.40. The summed E-state index contributed by atoms with van der Waals surface area (Å²) in [5.41, 5.74) is 0.00596. The van der Waals surface area contributed by atoms with Crippen molar-refractivity contribution in [3.63, 3.8) is 0 Å². The van der Waals surface area contributed by atoms with Crippen molar-refractivity contribution in [2.24, 2.45) is 0 Å². The van der Waals surface area contributed by atoms with E-state index >= 15 is 0 Å². The van der Waals surface area contributed by atoms with Gasteiger partial charge in [0.1, 0.15) is 18.0 Å². The first kappa shape index (κ1) is 13.3. The maximum Gasteiger partial charge on any atom is 0.170 e. The second-order valence-corrected chi connectivity index (χ2v) is 4.95. The molecule has 4 nitrogen and oxygen atoms in total. The predicted molar refractivity (Wildman–Crippen MR) is 71.0 cm³/mol. The number of carbonyl (C=O) groups is 1. The highest BCUT2D eigenvalue weighted by Gasteiger charge is 2.33. The summed E-state index contributed by atoms with van der Waals surface area (Å²) in [6.07, 6.45) is 5.51. The number of Topliss-reactive ketones (excluding diaryl/α,β-unsaturated/α-hetero) is 1. The van der Waals surface area contributed by atoms with Crippen LogP contribution in [0.1, 0.15) is 30.6 Å². The lowest BCUT2D eigenvalue weighted by atomic mass is 9.93. The number of rotatable bonds is 3. The number of methoxy groups -OCH3 is 1. The molecule has 1 aromatic rings. The van der Waals surface area contributed by atoms with Gasteiger partial charge in [-0.2, -0.15) is 0 Å². The minimum atomic E-state index is -0.512. The summed E-state index contributed by atoms with van der Waals surface area (Å²) in [6.45, 7) is 3.88. The molecule has 1 aliphatic rings. The van der Waals surface area contributed by atoms with Gasteiger partial charge in [-0.15, -0.1) is 6.42 Å². The Balaban J connectivity index is 2.45. The van der Waals surface area contributed by atoms with Crippen molar-refractivity contribution in [1.29, 1.82) is 0 Å². The van der Waals surface area contributed by atoms with E-state index < -0.39 is 5.60 Å². The van der Waals surface area contributed by atoms with Gasteiger partial charge in [-0.1, -0.05) is 5.92 Å². The molecule has 0 bridgehead atoms. The van der Waals surface area contributed by atoms with Gasteiger partial charge in [0.25, 0.3) is 0 Å². The third-order valence-corrected chi connectivity index (χ3v) is 2.85. The van der Waals surface area contributed by atoms with Crippen molar-refractivity contribution in [3.8, 4) is 29.6 Å². The molecule has 0 unspecified atom stereocenters. The fraction of sp³-hybridized carbons (Fsp3) is 0.400. The average Bonchev–Trinajstić information content (AvgIpc) is 2.34. The van der Waals surface area contributed by atoms with Crippen LogP contribution < -0.4 is 14.2 Å². The van der Waals surface area contributed by atoms with E-state index in [4.69, 9.17) is 20.6 Å². The summed E-state index contributed by atoms with van der Waals surface area (Å²) in [5.74, 6) is 3.88. The van der Waals surface area contributed by atoms with Gasteiger partial charge in [-0.25, -0.2) is 0 Å². The van der Waals surface area contributed by atoms with Crippen LogP contribution in [0.5, 0.6) is 17.2 Å². The Labute approximate surface area is 112 Å². The van der Waals surface area contributed by atoms with Crippen LogP contribution in [0.2, 0.25) is 0 Å². The van der Waals surface area contributed by atoms with Crippen molar-refractivity contribution in [1.82, 2.24) is 0 Å². The van der Waals surface area contributed by atoms with Crippen LogP contribution in [0.3, 0.4) is 0 Å². The molecule has 19 heavy (non-hydrogen) atoms. The lowest BCUT2D eigenvalue weighted by molar-refractivity contribution is 0.0617. The van der Waals surface area contributed by atoms with Crippen LogP contribution in [-0.2, 0) is 0 Å². The first-order chi connectivity index (χ1) is 8.96. The summed E-state index contributed by atoms with van der Waals surface area (Å²) in [6, 6.07) is 3.29. The molecule has 1 aliphatic heterocycles. The molecule has 2 rings (SSSR count). The fourth-order valence-corrected chi connectivity index (χ4v) is 2.05. The summed E-state index contributed by atoms with van der Waals surface area (Å²) >= 11 is 0. The summed E-state index contributed by atoms with van der Waals surface area (Å²) in [7, 11) is 1.52. The summed E-state index contributed by atoms with van der Waals surface area (Å²) < 4.78 is 16.4. The van der Waals surface area contributed by atoms with Crippen LogP contribution in [0.4, 0.5) is 0 Å². The van der Waals surface area contributed by atoms with Gasteiger partial charge in [0.2, 0.25) is 0 Å². The van der Waals surface area contributed by atoms with Gasteiger partial charge in [0.05, 0.1) is 19.1 Å². The topological polar surface area (TPSA) is 44.8 Å². The monoisotopic (exact) mass is 260 g/mol. The minimum absolute atomic E-state index is 0.0352. The van der Waals surface area contributed by atoms with Gasteiger partial charge in [-0.05, 0) is 19.9 Å². The van der Waals surface area contributed by atoms with Gasteiger partial charge in [-0.3, -0.25) is 4.79 Å². The van der Waals surface area contributed by atoms with Crippen LogP contribution in [0.15, 0.2) is 12.1 Å². The predicted octanol–water partition coefficient (Wildman–Crippen LogP) is 2.45. The van der Waals surface area contributed by atoms with Crippen LogP contribution in [-0.4, -0.2) is 25.1 Å². The maximum absolute atomic E-state index is 12.1. The molecule has 100 valence electrons. The number of hydrogen-bond donors (Lipinski definition) is 0. The van der Waals surface area contributed by atoms with Crippen molar-refractivity contribution in [2.75, 3.05) is 13.7 Å². The Bertz CT molecular complexity index is 552. The van der Waals surface area contributed by atoms with Crippen LogP contribution in [0.25, 0.3) is 0 Å². The number of hydrogen-bond acceptors (Lipinski definition) is 4. The number of fused-ring (bicyclic) bond motifs is 1. The summed E-state index contributed by atoms with van der Waals surface area (Å²) in [5, 5.41) is 0. The van der Waals surface area contributed by atoms with E-state index in [9.17, 15) is 4.79 Å². The zero-order chi connectivity index (χ0) is 14.0. The van der Waals surface area contributed by atoms with E-state index in [1.807, 2.05) is 13.8 Å². The second kappa shape index (κ2) is 4.85. The number of benzene rings is 1. The third kappa shape index (κ3) is 2.65. The largest absolute Gasteiger partial charge is 0.493 e. The highest BCUT2D eigenvalue weighted by molar-refractivity contribution is 6.01. The normalized spacial score (nSPS) is 16.0. The molecule has 0 aliphatic carbocycles. The molecule has 0 atom stereocenters. The molecule has 0 spiro atoms. The average molecular weight is 260 g/mol. The molecule has 1 heterocycles. The molecule has 0 N–H and O–H groups in total. The first-order valence-corrected chi connectivity index (χ1v) is 5.97. The molecule has 0 radical (unpaired) electrons. The Hall–Kier alpha value is -2.15. The van der Waals surface area contributed by atoms with E-state index in [2.05, 4.69) is 5.92 Å². The Kier molecular flexibility index (Phi) is 3.39. The van der Waals surface area contributed by atoms with Gasteiger partial charge in [0.15, 0.2) is 17.3 Å². The van der Waals surface area contributed by atoms with Crippen molar-refractivity contribution >= 4 is 5.78 Å². The van der Waals surface area contributed by atoms with E-state index in [0.29, 0.717) is 29.2 Å². The molecular weight excluding hydrogens is 244 g/mol. The van der Waals surface area contributed by atoms with Crippen LogP contribution >= 0.6 is 0 Å². The smallest absolute Gasteiger partial charge is 0.170 e. The zero-order valence-corrected chi connectivity index (χ0v) is 11.3. The molecule has 1 aromatic carbocycles. The van der Waals surface area contributed by atoms with E-state index in [-0.39, 0.29) is 12.4 Å². The molecule has 0 saturated heterocycles. The Morgan fingerprint density at radius 2 is 2.16 bits per heavy atom. The van der Waals surface area contributed by atoms with Crippen molar-refractivity contribution < 1.29 is 19.0 Å². The SMILES string of the molecule is C#CCOc1cc2c(cc1OC)C(=O)CC(C)(C)O2. The minimum Gasteiger partial charge on any atom is -0.493 e. The van der Waals surface area contributed by atoms with E-state index in [1.165, 1.54) is 7.11 Å². The number of ketones is 1. The van der Waals surface area contributed by atoms with Gasteiger partial charge < -0.3 is 14.2 Å². The molecule has 0 amide bonds. The van der Waals surface area contributed by atoms with E-state index in [1.54, 1.807) is 12.1 Å². The van der Waals surface area contributed by atoms with E-state index in [0.717, 1.165) is 0 Å². The van der Waals surface area contributed by atoms with Gasteiger partial charge in [0, 0.05) is 6.07 Å². The zero-order valence-electron chi connectivity index (χ0n) is 11.3.